The van der Waals surface area contributed by atoms with Gasteiger partial charge in [-0.2, -0.15) is 0 Å². The number of carbonyl (C=O) groups is 2. The lowest BCUT2D eigenvalue weighted by atomic mass is 10.1. The van der Waals surface area contributed by atoms with E-state index in [0.29, 0.717) is 24.7 Å². The first kappa shape index (κ1) is 32.5. The van der Waals surface area contributed by atoms with Crippen LogP contribution in [0.2, 0.25) is 0 Å². The Morgan fingerprint density at radius 3 is 2.33 bits per heavy atom. The monoisotopic (exact) mass is 587 g/mol. The molecule has 42 heavy (non-hydrogen) atoms. The molecule has 0 saturated carbocycles. The summed E-state index contributed by atoms with van der Waals surface area (Å²) in [5.41, 5.74) is -0.415. The van der Waals surface area contributed by atoms with Crippen molar-refractivity contribution in [1.29, 1.82) is 0 Å². The van der Waals surface area contributed by atoms with E-state index in [9.17, 15) is 19.7 Å². The molecule has 2 aromatic rings. The zero-order valence-corrected chi connectivity index (χ0v) is 24.8. The van der Waals surface area contributed by atoms with Crippen LogP contribution in [0.4, 0.5) is 11.4 Å². The van der Waals surface area contributed by atoms with Crippen molar-refractivity contribution in [2.24, 2.45) is 0 Å². The Morgan fingerprint density at radius 2 is 1.64 bits per heavy atom. The number of nitrogens with zero attached hydrogens (tertiary/aromatic N) is 3. The van der Waals surface area contributed by atoms with E-state index in [0.717, 1.165) is 51.3 Å². The van der Waals surface area contributed by atoms with Gasteiger partial charge < -0.3 is 28.6 Å². The van der Waals surface area contributed by atoms with Crippen LogP contribution >= 0.6 is 0 Å². The smallest absolute Gasteiger partial charge is 0.349 e. The van der Waals surface area contributed by atoms with Gasteiger partial charge in [0.1, 0.15) is 11.5 Å². The molecule has 1 aliphatic heterocycles. The van der Waals surface area contributed by atoms with Crippen molar-refractivity contribution in [3.8, 4) is 17.2 Å². The minimum atomic E-state index is -1.10. The molecule has 0 unspecified atom stereocenters. The van der Waals surface area contributed by atoms with E-state index in [-0.39, 0.29) is 18.0 Å². The largest absolute Gasteiger partial charge is 0.493 e. The van der Waals surface area contributed by atoms with E-state index in [4.69, 9.17) is 23.7 Å². The molecule has 0 aromatic heterocycles. The Kier molecular flexibility index (Phi) is 12.2. The number of piperazine rings is 1. The zero-order chi connectivity index (χ0) is 30.5. The van der Waals surface area contributed by atoms with Gasteiger partial charge in [0.05, 0.1) is 36.5 Å². The number of carbonyl (C=O) groups excluding carboxylic acids is 2. The fraction of sp³-hybridized carbons (Fsp3) is 0.533. The third kappa shape index (κ3) is 9.51. The number of rotatable bonds is 16. The van der Waals surface area contributed by atoms with Crippen LogP contribution in [0.1, 0.15) is 40.5 Å². The summed E-state index contributed by atoms with van der Waals surface area (Å²) in [6.07, 6.45) is 1.70. The summed E-state index contributed by atoms with van der Waals surface area (Å²) in [6, 6.07) is 12.0. The van der Waals surface area contributed by atoms with Crippen molar-refractivity contribution >= 4 is 23.3 Å². The highest BCUT2D eigenvalue weighted by Gasteiger charge is 2.33. The van der Waals surface area contributed by atoms with Crippen molar-refractivity contribution < 1.29 is 38.2 Å². The van der Waals surface area contributed by atoms with E-state index in [1.165, 1.54) is 12.1 Å². The lowest BCUT2D eigenvalue weighted by Crippen LogP contribution is -2.47. The summed E-state index contributed by atoms with van der Waals surface area (Å²) < 4.78 is 27.0. The highest BCUT2D eigenvalue weighted by atomic mass is 16.6. The van der Waals surface area contributed by atoms with Crippen molar-refractivity contribution in [3.63, 3.8) is 0 Å². The number of para-hydroxylation sites is 2. The Morgan fingerprint density at radius 1 is 0.929 bits per heavy atom. The molecule has 0 N–H and O–H groups in total. The quantitative estimate of drug-likeness (QED) is 0.121. The Bertz CT molecular complexity index is 1200. The molecule has 0 aliphatic carbocycles. The number of esters is 2. The average molecular weight is 588 g/mol. The number of nitro benzene ring substituents is 1. The van der Waals surface area contributed by atoms with Gasteiger partial charge in [-0.3, -0.25) is 15.0 Å². The van der Waals surface area contributed by atoms with Crippen LogP contribution in [0.5, 0.6) is 17.2 Å². The predicted octanol–water partition coefficient (Wildman–Crippen LogP) is 4.24. The normalized spacial score (nSPS) is 13.8. The van der Waals surface area contributed by atoms with Crippen molar-refractivity contribution in [2.45, 2.75) is 46.1 Å². The van der Waals surface area contributed by atoms with Crippen LogP contribution in [0, 0.1) is 10.1 Å². The predicted molar refractivity (Wildman–Crippen MR) is 156 cm³/mol. The van der Waals surface area contributed by atoms with E-state index < -0.39 is 29.1 Å². The van der Waals surface area contributed by atoms with E-state index in [2.05, 4.69) is 9.80 Å². The standard InChI is InChI=1S/C30H41N3O9/c1-5-38-28(34)22-41-26-14-13-23(21-25(26)33(36)37)40-20-10-9-15-31-16-18-32(19-17-31)24-11-7-8-12-27(24)42-30(3,4)29(35)39-6-2/h7-8,11-14,21H,5-6,9-10,15-20,22H2,1-4H3. The Labute approximate surface area is 246 Å². The van der Waals surface area contributed by atoms with Gasteiger partial charge in [0, 0.05) is 26.2 Å². The van der Waals surface area contributed by atoms with Crippen molar-refractivity contribution in [2.75, 3.05) is 64.1 Å². The first-order valence-electron chi connectivity index (χ1n) is 14.3. The first-order valence-corrected chi connectivity index (χ1v) is 14.3. The van der Waals surface area contributed by atoms with Gasteiger partial charge in [0.25, 0.3) is 0 Å². The van der Waals surface area contributed by atoms with Crippen LogP contribution in [0.25, 0.3) is 0 Å². The van der Waals surface area contributed by atoms with Crippen LogP contribution in [-0.2, 0) is 19.1 Å². The molecule has 0 spiro atoms. The van der Waals surface area contributed by atoms with Gasteiger partial charge in [-0.05, 0) is 71.3 Å². The van der Waals surface area contributed by atoms with Gasteiger partial charge in [-0.1, -0.05) is 12.1 Å². The molecule has 3 rings (SSSR count). The maximum atomic E-state index is 12.3. The summed E-state index contributed by atoms with van der Waals surface area (Å²) in [5, 5.41) is 11.5. The number of nitro groups is 1. The number of benzene rings is 2. The second-order valence-corrected chi connectivity index (χ2v) is 10.2. The minimum absolute atomic E-state index is 0.0172. The van der Waals surface area contributed by atoms with Crippen molar-refractivity contribution in [3.05, 3.63) is 52.6 Å². The molecule has 1 fully saturated rings. The van der Waals surface area contributed by atoms with E-state index in [1.54, 1.807) is 33.8 Å². The number of unbranched alkanes of at least 4 members (excludes halogenated alkanes) is 1. The summed E-state index contributed by atoms with van der Waals surface area (Å²) in [6.45, 7) is 11.7. The summed E-state index contributed by atoms with van der Waals surface area (Å²) in [4.78, 5) is 39.4. The SMILES string of the molecule is CCOC(=O)COc1ccc(OCCCCN2CCN(c3ccccc3OC(C)(C)C(=O)OCC)CC2)cc1[N+](=O)[O-]. The molecule has 1 heterocycles. The van der Waals surface area contributed by atoms with Crippen LogP contribution in [0.15, 0.2) is 42.5 Å². The number of ether oxygens (including phenoxy) is 5. The van der Waals surface area contributed by atoms with E-state index in [1.807, 2.05) is 24.3 Å². The van der Waals surface area contributed by atoms with Crippen LogP contribution in [-0.4, -0.2) is 86.5 Å². The fourth-order valence-electron chi connectivity index (χ4n) is 4.46. The topological polar surface area (TPSA) is 130 Å². The molecule has 1 aliphatic rings. The highest BCUT2D eigenvalue weighted by molar-refractivity contribution is 5.79. The summed E-state index contributed by atoms with van der Waals surface area (Å²) in [7, 11) is 0. The molecule has 0 radical (unpaired) electrons. The number of hydrogen-bond acceptors (Lipinski definition) is 11. The maximum absolute atomic E-state index is 12.3. The molecule has 0 amide bonds. The summed E-state index contributed by atoms with van der Waals surface area (Å²) in [5.74, 6) is 0.00794. The van der Waals surface area contributed by atoms with Crippen LogP contribution < -0.4 is 19.1 Å². The second-order valence-electron chi connectivity index (χ2n) is 10.2. The third-order valence-corrected chi connectivity index (χ3v) is 6.63. The van der Waals surface area contributed by atoms with Crippen molar-refractivity contribution in [1.82, 2.24) is 4.90 Å². The molecule has 12 nitrogen and oxygen atoms in total. The van der Waals surface area contributed by atoms with Gasteiger partial charge in [-0.25, -0.2) is 9.59 Å². The number of anilines is 1. The lowest BCUT2D eigenvalue weighted by molar-refractivity contribution is -0.385. The number of hydrogen-bond donors (Lipinski definition) is 0. The summed E-state index contributed by atoms with van der Waals surface area (Å²) >= 11 is 0. The molecule has 230 valence electrons. The molecule has 0 atom stereocenters. The molecule has 12 heteroatoms. The average Bonchev–Trinajstić information content (AvgIpc) is 2.97. The zero-order valence-electron chi connectivity index (χ0n) is 24.8. The molecule has 0 bridgehead atoms. The molecule has 1 saturated heterocycles. The maximum Gasteiger partial charge on any atom is 0.349 e. The Balaban J connectivity index is 1.42. The van der Waals surface area contributed by atoms with Crippen LogP contribution in [0.3, 0.4) is 0 Å². The molecule has 2 aromatic carbocycles. The minimum Gasteiger partial charge on any atom is -0.493 e. The lowest BCUT2D eigenvalue weighted by Gasteiger charge is -2.37. The molecular formula is C30H41N3O9. The highest BCUT2D eigenvalue weighted by Crippen LogP contribution is 2.33. The van der Waals surface area contributed by atoms with Gasteiger partial charge in [-0.15, -0.1) is 0 Å². The third-order valence-electron chi connectivity index (χ3n) is 6.63. The molecular weight excluding hydrogens is 546 g/mol. The first-order chi connectivity index (χ1) is 20.1. The van der Waals surface area contributed by atoms with Gasteiger partial charge in [0.2, 0.25) is 0 Å². The second kappa shape index (κ2) is 15.8. The van der Waals surface area contributed by atoms with E-state index >= 15 is 0 Å². The Hall–Kier alpha value is -4.06. The fourth-order valence-corrected chi connectivity index (χ4v) is 4.46. The van der Waals surface area contributed by atoms with Gasteiger partial charge >= 0.3 is 17.6 Å². The van der Waals surface area contributed by atoms with Gasteiger partial charge in [0.15, 0.2) is 18.0 Å².